The molecule has 3 heteroatoms. The van der Waals surface area contributed by atoms with Gasteiger partial charge in [-0.2, -0.15) is 0 Å². The SMILES string of the molecule is CCC(O)c1ccccc1OC1CCOC2(CCC2)C1. The Hall–Kier alpha value is -1.06. The Labute approximate surface area is 120 Å². The lowest BCUT2D eigenvalue weighted by Gasteiger charge is -2.47. The quantitative estimate of drug-likeness (QED) is 0.913. The highest BCUT2D eigenvalue weighted by Gasteiger charge is 2.43. The third-order valence-corrected chi connectivity index (χ3v) is 4.67. The summed E-state index contributed by atoms with van der Waals surface area (Å²) in [6.45, 7) is 2.78. The van der Waals surface area contributed by atoms with Gasteiger partial charge in [-0.25, -0.2) is 0 Å². The van der Waals surface area contributed by atoms with Crippen LogP contribution < -0.4 is 4.74 Å². The highest BCUT2D eigenvalue weighted by molar-refractivity contribution is 5.35. The van der Waals surface area contributed by atoms with Gasteiger partial charge in [-0.05, 0) is 31.7 Å². The second-order valence-corrected chi connectivity index (χ2v) is 6.08. The molecule has 1 N–H and O–H groups in total. The Kier molecular flexibility index (Phi) is 3.99. The molecular weight excluding hydrogens is 252 g/mol. The van der Waals surface area contributed by atoms with E-state index in [0.717, 1.165) is 30.8 Å². The Morgan fingerprint density at radius 3 is 2.90 bits per heavy atom. The van der Waals surface area contributed by atoms with Crippen LogP contribution in [-0.4, -0.2) is 23.4 Å². The van der Waals surface area contributed by atoms with Crippen molar-refractivity contribution in [2.75, 3.05) is 6.61 Å². The third-order valence-electron chi connectivity index (χ3n) is 4.67. The van der Waals surface area contributed by atoms with E-state index in [4.69, 9.17) is 9.47 Å². The molecule has 1 heterocycles. The van der Waals surface area contributed by atoms with E-state index in [1.165, 1.54) is 19.3 Å². The lowest BCUT2D eigenvalue weighted by molar-refractivity contribution is -0.153. The molecule has 0 amide bonds. The second kappa shape index (κ2) is 5.74. The molecule has 2 fully saturated rings. The maximum absolute atomic E-state index is 10.1. The molecule has 1 aromatic carbocycles. The Morgan fingerprint density at radius 1 is 1.40 bits per heavy atom. The number of aliphatic hydroxyl groups is 1. The van der Waals surface area contributed by atoms with E-state index in [1.807, 2.05) is 31.2 Å². The summed E-state index contributed by atoms with van der Waals surface area (Å²) in [6, 6.07) is 7.86. The molecule has 1 aliphatic carbocycles. The largest absolute Gasteiger partial charge is 0.490 e. The standard InChI is InChI=1S/C17H24O3/c1-2-15(18)14-6-3-4-7-16(14)20-13-8-11-19-17(12-13)9-5-10-17/h3-4,6-7,13,15,18H,2,5,8-12H2,1H3. The van der Waals surface area contributed by atoms with Crippen molar-refractivity contribution in [2.24, 2.45) is 0 Å². The summed E-state index contributed by atoms with van der Waals surface area (Å²) in [5.41, 5.74) is 1.01. The van der Waals surface area contributed by atoms with Gasteiger partial charge in [-0.15, -0.1) is 0 Å². The molecule has 1 saturated carbocycles. The van der Waals surface area contributed by atoms with Crippen molar-refractivity contribution in [1.29, 1.82) is 0 Å². The molecule has 2 aliphatic rings. The van der Waals surface area contributed by atoms with Crippen LogP contribution in [0.1, 0.15) is 57.1 Å². The summed E-state index contributed by atoms with van der Waals surface area (Å²) in [6.07, 6.45) is 6.04. The zero-order valence-electron chi connectivity index (χ0n) is 12.2. The molecular formula is C17H24O3. The van der Waals surface area contributed by atoms with Crippen molar-refractivity contribution in [3.8, 4) is 5.75 Å². The predicted octanol–water partition coefficient (Wildman–Crippen LogP) is 3.61. The molecule has 1 aromatic rings. The van der Waals surface area contributed by atoms with E-state index in [-0.39, 0.29) is 11.7 Å². The minimum Gasteiger partial charge on any atom is -0.490 e. The first-order chi connectivity index (χ1) is 9.72. The maximum atomic E-state index is 10.1. The summed E-state index contributed by atoms with van der Waals surface area (Å²) in [7, 11) is 0. The molecule has 2 atom stereocenters. The van der Waals surface area contributed by atoms with E-state index in [1.54, 1.807) is 0 Å². The summed E-state index contributed by atoms with van der Waals surface area (Å²) >= 11 is 0. The first-order valence-corrected chi connectivity index (χ1v) is 7.80. The van der Waals surface area contributed by atoms with Crippen LogP contribution >= 0.6 is 0 Å². The van der Waals surface area contributed by atoms with Gasteiger partial charge in [-0.1, -0.05) is 25.1 Å². The van der Waals surface area contributed by atoms with Crippen LogP contribution in [0.25, 0.3) is 0 Å². The molecule has 1 aliphatic heterocycles. The minimum absolute atomic E-state index is 0.0984. The molecule has 0 bridgehead atoms. The topological polar surface area (TPSA) is 38.7 Å². The van der Waals surface area contributed by atoms with Gasteiger partial charge in [0, 0.05) is 18.4 Å². The monoisotopic (exact) mass is 276 g/mol. The number of para-hydroxylation sites is 1. The lowest BCUT2D eigenvalue weighted by Crippen LogP contribution is -2.48. The molecule has 2 unspecified atom stereocenters. The van der Waals surface area contributed by atoms with Gasteiger partial charge in [0.25, 0.3) is 0 Å². The second-order valence-electron chi connectivity index (χ2n) is 6.08. The van der Waals surface area contributed by atoms with Gasteiger partial charge in [0.2, 0.25) is 0 Å². The zero-order chi connectivity index (χ0) is 14.0. The van der Waals surface area contributed by atoms with Crippen molar-refractivity contribution in [2.45, 2.75) is 63.3 Å². The average molecular weight is 276 g/mol. The number of ether oxygens (including phenoxy) is 2. The van der Waals surface area contributed by atoms with Gasteiger partial charge in [0.05, 0.1) is 18.3 Å². The van der Waals surface area contributed by atoms with Crippen molar-refractivity contribution in [3.63, 3.8) is 0 Å². The van der Waals surface area contributed by atoms with Gasteiger partial charge < -0.3 is 14.6 Å². The molecule has 0 radical (unpaired) electrons. The fraction of sp³-hybridized carbons (Fsp3) is 0.647. The number of hydrogen-bond donors (Lipinski definition) is 1. The van der Waals surface area contributed by atoms with Gasteiger partial charge in [0.1, 0.15) is 11.9 Å². The molecule has 3 rings (SSSR count). The van der Waals surface area contributed by atoms with Crippen molar-refractivity contribution in [3.05, 3.63) is 29.8 Å². The van der Waals surface area contributed by atoms with Crippen LogP contribution in [0, 0.1) is 0 Å². The molecule has 110 valence electrons. The van der Waals surface area contributed by atoms with Crippen LogP contribution in [0.5, 0.6) is 5.75 Å². The first-order valence-electron chi connectivity index (χ1n) is 7.80. The van der Waals surface area contributed by atoms with Gasteiger partial charge in [0.15, 0.2) is 0 Å². The molecule has 1 saturated heterocycles. The maximum Gasteiger partial charge on any atom is 0.125 e. The number of aliphatic hydroxyl groups excluding tert-OH is 1. The molecule has 20 heavy (non-hydrogen) atoms. The van der Waals surface area contributed by atoms with Crippen molar-refractivity contribution < 1.29 is 14.6 Å². The van der Waals surface area contributed by atoms with E-state index in [0.29, 0.717) is 6.42 Å². The third kappa shape index (κ3) is 2.70. The van der Waals surface area contributed by atoms with E-state index >= 15 is 0 Å². The fourth-order valence-electron chi connectivity index (χ4n) is 3.27. The first kappa shape index (κ1) is 13.9. The predicted molar refractivity (Wildman–Crippen MR) is 77.9 cm³/mol. The highest BCUT2D eigenvalue weighted by atomic mass is 16.5. The minimum atomic E-state index is -0.441. The van der Waals surface area contributed by atoms with E-state index < -0.39 is 6.10 Å². The normalized spacial score (nSPS) is 26.0. The Balaban J connectivity index is 1.71. The smallest absolute Gasteiger partial charge is 0.125 e. The summed E-state index contributed by atoms with van der Waals surface area (Å²) < 4.78 is 12.1. The number of hydrogen-bond acceptors (Lipinski definition) is 3. The van der Waals surface area contributed by atoms with Gasteiger partial charge >= 0.3 is 0 Å². The highest BCUT2D eigenvalue weighted by Crippen LogP contribution is 2.43. The average Bonchev–Trinajstić information content (AvgIpc) is 2.46. The van der Waals surface area contributed by atoms with Crippen LogP contribution in [0.15, 0.2) is 24.3 Å². The fourth-order valence-corrected chi connectivity index (χ4v) is 3.27. The van der Waals surface area contributed by atoms with E-state index in [9.17, 15) is 5.11 Å². The van der Waals surface area contributed by atoms with Gasteiger partial charge in [-0.3, -0.25) is 0 Å². The molecule has 3 nitrogen and oxygen atoms in total. The summed E-state index contributed by atoms with van der Waals surface area (Å²) in [5, 5.41) is 10.1. The van der Waals surface area contributed by atoms with Crippen LogP contribution in [0.3, 0.4) is 0 Å². The van der Waals surface area contributed by atoms with Crippen molar-refractivity contribution in [1.82, 2.24) is 0 Å². The summed E-state index contributed by atoms with van der Waals surface area (Å²) in [5.74, 6) is 0.836. The lowest BCUT2D eigenvalue weighted by atomic mass is 9.74. The van der Waals surface area contributed by atoms with Crippen molar-refractivity contribution >= 4 is 0 Å². The number of benzene rings is 1. The van der Waals surface area contributed by atoms with Crippen LogP contribution in [0.2, 0.25) is 0 Å². The van der Waals surface area contributed by atoms with E-state index in [2.05, 4.69) is 0 Å². The summed E-state index contributed by atoms with van der Waals surface area (Å²) in [4.78, 5) is 0. The molecule has 0 aromatic heterocycles. The Morgan fingerprint density at radius 2 is 2.20 bits per heavy atom. The zero-order valence-corrected chi connectivity index (χ0v) is 12.2. The Bertz CT molecular complexity index is 453. The van der Waals surface area contributed by atoms with Crippen LogP contribution in [0.4, 0.5) is 0 Å². The number of rotatable bonds is 4. The van der Waals surface area contributed by atoms with Crippen LogP contribution in [-0.2, 0) is 4.74 Å². The molecule has 1 spiro atoms.